The number of nitrogens with zero attached hydrogens (tertiary/aromatic N) is 4. The van der Waals surface area contributed by atoms with Crippen LogP contribution in [0, 0.1) is 0 Å². The van der Waals surface area contributed by atoms with Crippen LogP contribution in [-0.2, 0) is 10.2 Å². The number of aromatic amines is 1. The fraction of sp³-hybridized carbons (Fsp3) is 0.235. The quantitative estimate of drug-likeness (QED) is 0.264. The van der Waals surface area contributed by atoms with E-state index in [1.807, 2.05) is 58.5 Å². The van der Waals surface area contributed by atoms with Crippen LogP contribution in [0.3, 0.4) is 0 Å². The monoisotopic (exact) mass is 558 g/mol. The number of piperidine rings is 1. The first-order valence-electron chi connectivity index (χ1n) is 14.4. The van der Waals surface area contributed by atoms with Gasteiger partial charge in [0.2, 0.25) is 5.91 Å². The molecule has 8 nitrogen and oxygen atoms in total. The van der Waals surface area contributed by atoms with E-state index < -0.39 is 0 Å². The molecular formula is C34H34N6O2. The fourth-order valence-corrected chi connectivity index (χ4v) is 6.15. The first kappa shape index (κ1) is 27.2. The Bertz CT molecular complexity index is 1640. The molecule has 0 aliphatic carbocycles. The van der Waals surface area contributed by atoms with Gasteiger partial charge in [-0.2, -0.15) is 0 Å². The standard InChI is InChI=1S/C34H34N6O2/c1-25(41)35-19-21-40(32-30-16-18-36-31(30)37-24-38-32)29-15-8-10-26(22-29)33(42)39-20-9-17-34(23-39,27-11-4-2-5-12-27)28-13-6-3-7-14-28/h2-8,10-16,18,22,24H,9,17,19-21,23H2,1H3,(H,35,41)(H,36,37,38). The highest BCUT2D eigenvalue weighted by atomic mass is 16.2. The van der Waals surface area contributed by atoms with Gasteiger partial charge in [0.05, 0.1) is 5.39 Å². The van der Waals surface area contributed by atoms with E-state index in [0.717, 1.165) is 29.6 Å². The lowest BCUT2D eigenvalue weighted by Crippen LogP contribution is -2.49. The van der Waals surface area contributed by atoms with E-state index in [-0.39, 0.29) is 17.2 Å². The van der Waals surface area contributed by atoms with Gasteiger partial charge in [0.25, 0.3) is 5.91 Å². The Balaban J connectivity index is 1.33. The van der Waals surface area contributed by atoms with Crippen LogP contribution < -0.4 is 10.2 Å². The van der Waals surface area contributed by atoms with Crippen molar-refractivity contribution in [3.8, 4) is 0 Å². The average Bonchev–Trinajstić information content (AvgIpc) is 3.53. The number of rotatable bonds is 8. The van der Waals surface area contributed by atoms with Gasteiger partial charge in [-0.25, -0.2) is 9.97 Å². The summed E-state index contributed by atoms with van der Waals surface area (Å²) >= 11 is 0. The Kier molecular flexibility index (Phi) is 7.68. The zero-order valence-corrected chi connectivity index (χ0v) is 23.7. The lowest BCUT2D eigenvalue weighted by atomic mass is 9.69. The highest BCUT2D eigenvalue weighted by Gasteiger charge is 2.40. The van der Waals surface area contributed by atoms with Crippen LogP contribution in [0.25, 0.3) is 11.0 Å². The van der Waals surface area contributed by atoms with Gasteiger partial charge < -0.3 is 20.1 Å². The maximum absolute atomic E-state index is 14.2. The van der Waals surface area contributed by atoms with Gasteiger partial charge in [0, 0.05) is 56.0 Å². The second-order valence-electron chi connectivity index (χ2n) is 10.8. The van der Waals surface area contributed by atoms with Crippen molar-refractivity contribution in [2.24, 2.45) is 0 Å². The topological polar surface area (TPSA) is 94.2 Å². The third-order valence-corrected chi connectivity index (χ3v) is 8.14. The molecule has 1 aliphatic rings. The molecule has 3 heterocycles. The number of amides is 2. The second-order valence-corrected chi connectivity index (χ2v) is 10.8. The van der Waals surface area contributed by atoms with E-state index in [1.54, 1.807) is 0 Å². The van der Waals surface area contributed by atoms with E-state index in [2.05, 4.69) is 68.8 Å². The maximum atomic E-state index is 14.2. The number of fused-ring (bicyclic) bond motifs is 1. The Hall–Kier alpha value is -4.98. The van der Waals surface area contributed by atoms with Gasteiger partial charge in [0.1, 0.15) is 17.8 Å². The highest BCUT2D eigenvalue weighted by Crippen LogP contribution is 2.41. The zero-order chi connectivity index (χ0) is 28.9. The summed E-state index contributed by atoms with van der Waals surface area (Å²) in [6.45, 7) is 3.70. The summed E-state index contributed by atoms with van der Waals surface area (Å²) in [7, 11) is 0. The minimum Gasteiger partial charge on any atom is -0.355 e. The van der Waals surface area contributed by atoms with Crippen LogP contribution in [0.4, 0.5) is 11.5 Å². The maximum Gasteiger partial charge on any atom is 0.253 e. The van der Waals surface area contributed by atoms with Crippen molar-refractivity contribution in [2.75, 3.05) is 31.1 Å². The van der Waals surface area contributed by atoms with E-state index in [4.69, 9.17) is 0 Å². The SMILES string of the molecule is CC(=O)NCCN(c1cccc(C(=O)N2CCCC(c3ccccc3)(c3ccccc3)C2)c1)c1ncnc2[nH]ccc12. The highest BCUT2D eigenvalue weighted by molar-refractivity contribution is 5.96. The number of nitrogens with one attached hydrogen (secondary N) is 2. The number of benzene rings is 3. The third-order valence-electron chi connectivity index (χ3n) is 8.14. The lowest BCUT2D eigenvalue weighted by Gasteiger charge is -2.44. The molecule has 6 rings (SSSR count). The number of carbonyl (C=O) groups is 2. The summed E-state index contributed by atoms with van der Waals surface area (Å²) in [5.74, 6) is 0.615. The van der Waals surface area contributed by atoms with Crippen molar-refractivity contribution in [3.63, 3.8) is 0 Å². The van der Waals surface area contributed by atoms with Crippen LogP contribution in [-0.4, -0.2) is 57.8 Å². The molecule has 0 unspecified atom stereocenters. The molecule has 1 saturated heterocycles. The van der Waals surface area contributed by atoms with Crippen LogP contribution in [0.5, 0.6) is 0 Å². The summed E-state index contributed by atoms with van der Waals surface area (Å²) < 4.78 is 0. The largest absolute Gasteiger partial charge is 0.355 e. The normalized spacial score (nSPS) is 14.5. The summed E-state index contributed by atoms with van der Waals surface area (Å²) in [4.78, 5) is 41.9. The Morgan fingerprint density at radius 2 is 1.69 bits per heavy atom. The predicted octanol–water partition coefficient (Wildman–Crippen LogP) is 5.45. The zero-order valence-electron chi connectivity index (χ0n) is 23.7. The number of H-pyrrole nitrogens is 1. The summed E-state index contributed by atoms with van der Waals surface area (Å²) in [5, 5.41) is 3.74. The Labute approximate surface area is 245 Å². The van der Waals surface area contributed by atoms with Crippen molar-refractivity contribution in [1.82, 2.24) is 25.2 Å². The molecule has 0 radical (unpaired) electrons. The molecule has 2 amide bonds. The van der Waals surface area contributed by atoms with E-state index in [0.29, 0.717) is 37.6 Å². The number of carbonyl (C=O) groups excluding carboxylic acids is 2. The minimum atomic E-state index is -0.278. The molecule has 0 atom stereocenters. The van der Waals surface area contributed by atoms with Crippen LogP contribution in [0.2, 0.25) is 0 Å². The van der Waals surface area contributed by atoms with Gasteiger partial charge in [0.15, 0.2) is 0 Å². The lowest BCUT2D eigenvalue weighted by molar-refractivity contribution is -0.118. The van der Waals surface area contributed by atoms with Crippen molar-refractivity contribution in [1.29, 1.82) is 0 Å². The van der Waals surface area contributed by atoms with E-state index in [1.165, 1.54) is 24.4 Å². The first-order valence-corrected chi connectivity index (χ1v) is 14.4. The van der Waals surface area contributed by atoms with Crippen molar-refractivity contribution >= 4 is 34.4 Å². The predicted molar refractivity (Wildman–Crippen MR) is 165 cm³/mol. The Morgan fingerprint density at radius 3 is 2.40 bits per heavy atom. The molecule has 1 fully saturated rings. The van der Waals surface area contributed by atoms with Crippen LogP contribution in [0.1, 0.15) is 41.3 Å². The van der Waals surface area contributed by atoms with Gasteiger partial charge >= 0.3 is 0 Å². The second kappa shape index (κ2) is 11.9. The van der Waals surface area contributed by atoms with Gasteiger partial charge in [-0.1, -0.05) is 66.7 Å². The molecule has 42 heavy (non-hydrogen) atoms. The average molecular weight is 559 g/mol. The van der Waals surface area contributed by atoms with Crippen LogP contribution in [0.15, 0.2) is 104 Å². The fourth-order valence-electron chi connectivity index (χ4n) is 6.15. The minimum absolute atomic E-state index is 0.00378. The molecule has 2 N–H and O–H groups in total. The van der Waals surface area contributed by atoms with Gasteiger partial charge in [-0.3, -0.25) is 9.59 Å². The Morgan fingerprint density at radius 1 is 0.952 bits per heavy atom. The molecule has 2 aromatic heterocycles. The van der Waals surface area contributed by atoms with Crippen molar-refractivity contribution < 1.29 is 9.59 Å². The molecule has 5 aromatic rings. The number of aromatic nitrogens is 3. The summed E-state index contributed by atoms with van der Waals surface area (Å²) in [6, 6.07) is 30.7. The van der Waals surface area contributed by atoms with Gasteiger partial charge in [-0.15, -0.1) is 0 Å². The molecule has 1 aliphatic heterocycles. The van der Waals surface area contributed by atoms with E-state index in [9.17, 15) is 9.59 Å². The number of likely N-dealkylation sites (tertiary alicyclic amines) is 1. The van der Waals surface area contributed by atoms with E-state index >= 15 is 0 Å². The van der Waals surface area contributed by atoms with Crippen molar-refractivity contribution in [3.05, 3.63) is 120 Å². The number of hydrogen-bond acceptors (Lipinski definition) is 5. The molecule has 0 saturated carbocycles. The molecule has 212 valence electrons. The molecule has 8 heteroatoms. The van der Waals surface area contributed by atoms with Crippen LogP contribution >= 0.6 is 0 Å². The van der Waals surface area contributed by atoms with Crippen molar-refractivity contribution in [2.45, 2.75) is 25.2 Å². The molecule has 0 spiro atoms. The first-order chi connectivity index (χ1) is 20.5. The summed E-state index contributed by atoms with van der Waals surface area (Å²) in [5.41, 5.74) is 4.34. The number of anilines is 2. The smallest absolute Gasteiger partial charge is 0.253 e. The third kappa shape index (κ3) is 5.35. The molecule has 0 bridgehead atoms. The van der Waals surface area contributed by atoms with Gasteiger partial charge in [-0.05, 0) is 48.2 Å². The number of hydrogen-bond donors (Lipinski definition) is 2. The molecular weight excluding hydrogens is 524 g/mol. The molecule has 3 aromatic carbocycles. The summed E-state index contributed by atoms with van der Waals surface area (Å²) in [6.07, 6.45) is 5.23.